The van der Waals surface area contributed by atoms with Crippen molar-refractivity contribution >= 4 is 5.91 Å². The van der Waals surface area contributed by atoms with Gasteiger partial charge in [-0.3, -0.25) is 9.78 Å². The maximum absolute atomic E-state index is 12.3. The van der Waals surface area contributed by atoms with E-state index < -0.39 is 0 Å². The summed E-state index contributed by atoms with van der Waals surface area (Å²) in [4.78, 5) is 18.3. The Kier molecular flexibility index (Phi) is 6.50. The number of pyridine rings is 1. The van der Waals surface area contributed by atoms with Crippen molar-refractivity contribution in [1.82, 2.24) is 15.2 Å². The molecule has 0 fully saturated rings. The second-order valence-electron chi connectivity index (χ2n) is 5.14. The Morgan fingerprint density at radius 1 is 1.42 bits per heavy atom. The topological polar surface area (TPSA) is 45.2 Å². The first kappa shape index (κ1) is 15.6. The predicted molar refractivity (Wildman–Crippen MR) is 77.7 cm³/mol. The van der Waals surface area contributed by atoms with Crippen LogP contribution in [0.5, 0.6) is 0 Å². The molecule has 106 valence electrons. The highest BCUT2D eigenvalue weighted by Gasteiger charge is 2.19. The van der Waals surface area contributed by atoms with Crippen LogP contribution in [0.2, 0.25) is 0 Å². The van der Waals surface area contributed by atoms with Crippen molar-refractivity contribution in [2.45, 2.75) is 52.7 Å². The zero-order valence-electron chi connectivity index (χ0n) is 12.4. The molecule has 0 bridgehead atoms. The van der Waals surface area contributed by atoms with Gasteiger partial charge in [-0.2, -0.15) is 0 Å². The van der Waals surface area contributed by atoms with Crippen LogP contribution in [-0.2, 0) is 11.3 Å². The maximum atomic E-state index is 12.3. The minimum atomic E-state index is 0.187. The first-order valence-corrected chi connectivity index (χ1v) is 6.96. The van der Waals surface area contributed by atoms with E-state index in [1.807, 2.05) is 44.0 Å². The molecule has 1 N–H and O–H groups in total. The van der Waals surface area contributed by atoms with E-state index in [2.05, 4.69) is 17.2 Å². The van der Waals surface area contributed by atoms with Gasteiger partial charge in [-0.25, -0.2) is 0 Å². The second-order valence-corrected chi connectivity index (χ2v) is 5.14. The van der Waals surface area contributed by atoms with E-state index in [0.717, 1.165) is 12.1 Å². The van der Waals surface area contributed by atoms with Gasteiger partial charge in [0.05, 0.1) is 0 Å². The number of carbonyl (C=O) groups is 1. The minimum absolute atomic E-state index is 0.187. The lowest BCUT2D eigenvalue weighted by atomic mass is 10.1. The van der Waals surface area contributed by atoms with Gasteiger partial charge in [-0.15, -0.1) is 0 Å². The third-order valence-electron chi connectivity index (χ3n) is 3.05. The number of hydrogen-bond acceptors (Lipinski definition) is 3. The minimum Gasteiger partial charge on any atom is -0.336 e. The standard InChI is InChI=1S/C15H25N3O/c1-5-17-13(4)9-15(19)18(12(2)3)11-14-7-6-8-16-10-14/h6-8,10,12-13,17H,5,9,11H2,1-4H3. The van der Waals surface area contributed by atoms with E-state index in [0.29, 0.717) is 13.0 Å². The molecule has 0 aliphatic heterocycles. The van der Waals surface area contributed by atoms with Gasteiger partial charge >= 0.3 is 0 Å². The zero-order chi connectivity index (χ0) is 14.3. The van der Waals surface area contributed by atoms with E-state index in [1.165, 1.54) is 0 Å². The van der Waals surface area contributed by atoms with E-state index in [-0.39, 0.29) is 18.0 Å². The second kappa shape index (κ2) is 7.89. The van der Waals surface area contributed by atoms with Gasteiger partial charge in [0.15, 0.2) is 0 Å². The molecule has 0 aliphatic rings. The molecule has 1 aromatic rings. The number of hydrogen-bond donors (Lipinski definition) is 1. The molecule has 1 aromatic heterocycles. The molecule has 0 saturated carbocycles. The fourth-order valence-electron chi connectivity index (χ4n) is 2.05. The summed E-state index contributed by atoms with van der Waals surface area (Å²) >= 11 is 0. The summed E-state index contributed by atoms with van der Waals surface area (Å²) in [7, 11) is 0. The van der Waals surface area contributed by atoms with Gasteiger partial charge in [0.2, 0.25) is 5.91 Å². The first-order valence-electron chi connectivity index (χ1n) is 6.96. The molecular formula is C15H25N3O. The van der Waals surface area contributed by atoms with Crippen molar-refractivity contribution < 1.29 is 4.79 Å². The number of aromatic nitrogens is 1. The van der Waals surface area contributed by atoms with Crippen molar-refractivity contribution in [2.75, 3.05) is 6.54 Å². The van der Waals surface area contributed by atoms with Crippen LogP contribution in [0.15, 0.2) is 24.5 Å². The number of nitrogens with one attached hydrogen (secondary N) is 1. The van der Waals surface area contributed by atoms with Crippen molar-refractivity contribution in [3.63, 3.8) is 0 Å². The first-order chi connectivity index (χ1) is 9.04. The molecule has 4 nitrogen and oxygen atoms in total. The van der Waals surface area contributed by atoms with Crippen LogP contribution in [0.4, 0.5) is 0 Å². The Morgan fingerprint density at radius 3 is 2.68 bits per heavy atom. The van der Waals surface area contributed by atoms with Gasteiger partial charge in [0.25, 0.3) is 0 Å². The van der Waals surface area contributed by atoms with Crippen LogP contribution in [0.3, 0.4) is 0 Å². The zero-order valence-corrected chi connectivity index (χ0v) is 12.4. The molecule has 1 heterocycles. The summed E-state index contributed by atoms with van der Waals surface area (Å²) in [6, 6.07) is 4.32. The lowest BCUT2D eigenvalue weighted by Crippen LogP contribution is -2.40. The Balaban J connectivity index is 2.64. The highest BCUT2D eigenvalue weighted by atomic mass is 16.2. The Bertz CT molecular complexity index is 378. The number of amides is 1. The maximum Gasteiger partial charge on any atom is 0.224 e. The highest BCUT2D eigenvalue weighted by Crippen LogP contribution is 2.10. The average molecular weight is 263 g/mol. The van der Waals surface area contributed by atoms with Crippen LogP contribution in [0.25, 0.3) is 0 Å². The number of rotatable bonds is 7. The molecule has 4 heteroatoms. The monoisotopic (exact) mass is 263 g/mol. The molecule has 0 saturated heterocycles. The summed E-state index contributed by atoms with van der Waals surface area (Å²) in [6.07, 6.45) is 4.10. The Labute approximate surface area is 116 Å². The van der Waals surface area contributed by atoms with Gasteiger partial charge < -0.3 is 10.2 Å². The number of nitrogens with zero attached hydrogens (tertiary/aromatic N) is 2. The molecule has 0 radical (unpaired) electrons. The fraction of sp³-hybridized carbons (Fsp3) is 0.600. The molecule has 1 atom stereocenters. The molecule has 0 aromatic carbocycles. The summed E-state index contributed by atoms with van der Waals surface area (Å²) < 4.78 is 0. The SMILES string of the molecule is CCNC(C)CC(=O)N(Cc1cccnc1)C(C)C. The van der Waals surface area contributed by atoms with Crippen molar-refractivity contribution in [3.05, 3.63) is 30.1 Å². The summed E-state index contributed by atoms with van der Waals surface area (Å²) in [5.41, 5.74) is 1.07. The number of carbonyl (C=O) groups excluding carboxylic acids is 1. The smallest absolute Gasteiger partial charge is 0.224 e. The molecule has 1 unspecified atom stereocenters. The van der Waals surface area contributed by atoms with Crippen LogP contribution in [0.1, 0.15) is 39.7 Å². The van der Waals surface area contributed by atoms with Crippen molar-refractivity contribution in [3.8, 4) is 0 Å². The van der Waals surface area contributed by atoms with Crippen molar-refractivity contribution in [2.24, 2.45) is 0 Å². The highest BCUT2D eigenvalue weighted by molar-refractivity contribution is 5.77. The summed E-state index contributed by atoms with van der Waals surface area (Å²) in [5, 5.41) is 3.27. The molecule has 19 heavy (non-hydrogen) atoms. The lowest BCUT2D eigenvalue weighted by molar-refractivity contribution is -0.134. The third kappa shape index (κ3) is 5.39. The Hall–Kier alpha value is -1.42. The normalized spacial score (nSPS) is 12.5. The predicted octanol–water partition coefficient (Wildman–Crippen LogP) is 2.21. The van der Waals surface area contributed by atoms with Crippen LogP contribution in [0, 0.1) is 0 Å². The lowest BCUT2D eigenvalue weighted by Gasteiger charge is -2.28. The third-order valence-corrected chi connectivity index (χ3v) is 3.05. The average Bonchev–Trinajstić information content (AvgIpc) is 2.36. The van der Waals surface area contributed by atoms with Crippen LogP contribution < -0.4 is 5.32 Å². The Morgan fingerprint density at radius 2 is 2.16 bits per heavy atom. The molecule has 0 spiro atoms. The van der Waals surface area contributed by atoms with Crippen molar-refractivity contribution in [1.29, 1.82) is 0 Å². The van der Waals surface area contributed by atoms with Gasteiger partial charge in [-0.05, 0) is 38.9 Å². The van der Waals surface area contributed by atoms with E-state index >= 15 is 0 Å². The van der Waals surface area contributed by atoms with Crippen LogP contribution >= 0.6 is 0 Å². The van der Waals surface area contributed by atoms with E-state index in [4.69, 9.17) is 0 Å². The molecule has 0 aliphatic carbocycles. The van der Waals surface area contributed by atoms with Crippen LogP contribution in [-0.4, -0.2) is 34.4 Å². The molecule has 1 amide bonds. The molecule has 1 rings (SSSR count). The summed E-state index contributed by atoms with van der Waals surface area (Å²) in [6.45, 7) is 9.71. The van der Waals surface area contributed by atoms with E-state index in [1.54, 1.807) is 6.20 Å². The largest absolute Gasteiger partial charge is 0.336 e. The molecular weight excluding hydrogens is 238 g/mol. The quantitative estimate of drug-likeness (QED) is 0.820. The summed E-state index contributed by atoms with van der Waals surface area (Å²) in [5.74, 6) is 0.187. The van der Waals surface area contributed by atoms with Gasteiger partial charge in [-0.1, -0.05) is 13.0 Å². The van der Waals surface area contributed by atoms with Gasteiger partial charge in [0, 0.05) is 37.4 Å². The van der Waals surface area contributed by atoms with Gasteiger partial charge in [0.1, 0.15) is 0 Å². The fourth-order valence-corrected chi connectivity index (χ4v) is 2.05. The van der Waals surface area contributed by atoms with E-state index in [9.17, 15) is 4.79 Å².